The van der Waals surface area contributed by atoms with E-state index in [4.69, 9.17) is 4.74 Å². The maximum Gasteiger partial charge on any atom is 0.416 e. The summed E-state index contributed by atoms with van der Waals surface area (Å²) in [6, 6.07) is 12.3. The van der Waals surface area contributed by atoms with Gasteiger partial charge in [-0.25, -0.2) is 8.42 Å². The average Bonchev–Trinajstić information content (AvgIpc) is 2.72. The van der Waals surface area contributed by atoms with Gasteiger partial charge >= 0.3 is 6.18 Å². The predicted molar refractivity (Wildman–Crippen MR) is 98.7 cm³/mol. The van der Waals surface area contributed by atoms with Crippen molar-refractivity contribution in [2.24, 2.45) is 0 Å². The molecule has 2 aromatic rings. The van der Waals surface area contributed by atoms with Gasteiger partial charge in [-0.05, 0) is 30.3 Å². The Kier molecular flexibility index (Phi) is 6.13. The Labute approximate surface area is 166 Å². The van der Waals surface area contributed by atoms with E-state index in [0.717, 1.165) is 12.1 Å². The van der Waals surface area contributed by atoms with Crippen molar-refractivity contribution in [1.82, 2.24) is 9.21 Å². The molecule has 1 aliphatic heterocycles. The molecule has 156 valence electrons. The van der Waals surface area contributed by atoms with E-state index in [-0.39, 0.29) is 36.8 Å². The molecule has 0 saturated carbocycles. The minimum atomic E-state index is -4.50. The Morgan fingerprint density at radius 2 is 1.62 bits per heavy atom. The van der Waals surface area contributed by atoms with Gasteiger partial charge in [0, 0.05) is 26.2 Å². The quantitative estimate of drug-likeness (QED) is 0.735. The van der Waals surface area contributed by atoms with Crippen LogP contribution in [0.15, 0.2) is 59.5 Å². The SMILES string of the molecule is O=C(COc1cccc(C(F)(F)F)c1)N1CCN(S(=O)(=O)c2ccccc2)CC1. The largest absolute Gasteiger partial charge is 0.484 e. The van der Waals surface area contributed by atoms with Crippen LogP contribution in [0.5, 0.6) is 5.75 Å². The Hall–Kier alpha value is -2.59. The normalized spacial score (nSPS) is 15.9. The average molecular weight is 428 g/mol. The Balaban J connectivity index is 1.54. The van der Waals surface area contributed by atoms with E-state index in [2.05, 4.69) is 0 Å². The van der Waals surface area contributed by atoms with Crippen molar-refractivity contribution in [3.8, 4) is 5.75 Å². The van der Waals surface area contributed by atoms with Gasteiger partial charge in [-0.15, -0.1) is 0 Å². The molecular formula is C19H19F3N2O4S. The van der Waals surface area contributed by atoms with E-state index < -0.39 is 34.3 Å². The van der Waals surface area contributed by atoms with Crippen molar-refractivity contribution in [2.75, 3.05) is 32.8 Å². The van der Waals surface area contributed by atoms with Gasteiger partial charge in [0.05, 0.1) is 10.5 Å². The molecule has 0 radical (unpaired) electrons. The highest BCUT2D eigenvalue weighted by molar-refractivity contribution is 7.89. The highest BCUT2D eigenvalue weighted by Gasteiger charge is 2.31. The summed E-state index contributed by atoms with van der Waals surface area (Å²) in [4.78, 5) is 13.9. The molecule has 3 rings (SSSR count). The number of halogens is 3. The number of alkyl halides is 3. The van der Waals surface area contributed by atoms with Crippen molar-refractivity contribution in [3.05, 3.63) is 60.2 Å². The zero-order chi connectivity index (χ0) is 21.1. The van der Waals surface area contributed by atoms with Gasteiger partial charge in [0.2, 0.25) is 10.0 Å². The van der Waals surface area contributed by atoms with E-state index >= 15 is 0 Å². The molecule has 0 N–H and O–H groups in total. The molecule has 0 unspecified atom stereocenters. The van der Waals surface area contributed by atoms with Gasteiger partial charge in [-0.1, -0.05) is 24.3 Å². The lowest BCUT2D eigenvalue weighted by Gasteiger charge is -2.34. The molecule has 1 aliphatic rings. The van der Waals surface area contributed by atoms with Gasteiger partial charge in [0.25, 0.3) is 5.91 Å². The number of amides is 1. The standard InChI is InChI=1S/C19H19F3N2O4S/c20-19(21,22)15-5-4-6-16(13-15)28-14-18(25)23-9-11-24(12-10-23)29(26,27)17-7-2-1-3-8-17/h1-8,13H,9-12,14H2. The van der Waals surface area contributed by atoms with Crippen molar-refractivity contribution in [2.45, 2.75) is 11.1 Å². The number of carbonyl (C=O) groups is 1. The molecule has 1 amide bonds. The Morgan fingerprint density at radius 1 is 0.966 bits per heavy atom. The fourth-order valence-corrected chi connectivity index (χ4v) is 4.36. The van der Waals surface area contributed by atoms with Crippen LogP contribution < -0.4 is 4.74 Å². The van der Waals surface area contributed by atoms with Crippen LogP contribution in [0.4, 0.5) is 13.2 Å². The second kappa shape index (κ2) is 8.42. The third kappa shape index (κ3) is 5.07. The lowest BCUT2D eigenvalue weighted by molar-refractivity contribution is -0.137. The first-order chi connectivity index (χ1) is 13.7. The molecule has 6 nitrogen and oxygen atoms in total. The summed E-state index contributed by atoms with van der Waals surface area (Å²) in [5, 5.41) is 0. The number of nitrogens with zero attached hydrogens (tertiary/aromatic N) is 2. The second-order valence-corrected chi connectivity index (χ2v) is 8.35. The van der Waals surface area contributed by atoms with Gasteiger partial charge in [0.15, 0.2) is 6.61 Å². The summed E-state index contributed by atoms with van der Waals surface area (Å²) < 4.78 is 69.9. The number of hydrogen-bond acceptors (Lipinski definition) is 4. The van der Waals surface area contributed by atoms with Gasteiger partial charge in [0.1, 0.15) is 5.75 Å². The molecule has 29 heavy (non-hydrogen) atoms. The molecule has 1 saturated heterocycles. The third-order valence-electron chi connectivity index (χ3n) is 4.50. The van der Waals surface area contributed by atoms with Crippen LogP contribution in [0.3, 0.4) is 0 Å². The van der Waals surface area contributed by atoms with Gasteiger partial charge in [-0.2, -0.15) is 17.5 Å². The highest BCUT2D eigenvalue weighted by atomic mass is 32.2. The van der Waals surface area contributed by atoms with Gasteiger partial charge < -0.3 is 9.64 Å². The predicted octanol–water partition coefficient (Wildman–Crippen LogP) is 2.62. The maximum absolute atomic E-state index is 12.7. The Morgan fingerprint density at radius 3 is 2.24 bits per heavy atom. The number of benzene rings is 2. The van der Waals surface area contributed by atoms with Crippen LogP contribution in [0.1, 0.15) is 5.56 Å². The Bertz CT molecular complexity index is 957. The fraction of sp³-hybridized carbons (Fsp3) is 0.316. The number of ether oxygens (including phenoxy) is 1. The summed E-state index contributed by atoms with van der Waals surface area (Å²) >= 11 is 0. The summed E-state index contributed by atoms with van der Waals surface area (Å²) in [5.74, 6) is -0.474. The lowest BCUT2D eigenvalue weighted by Crippen LogP contribution is -2.51. The number of sulfonamides is 1. The second-order valence-electron chi connectivity index (χ2n) is 6.41. The molecule has 10 heteroatoms. The van der Waals surface area contributed by atoms with Crippen LogP contribution in [0.2, 0.25) is 0 Å². The van der Waals surface area contributed by atoms with E-state index in [1.807, 2.05) is 0 Å². The van der Waals surface area contributed by atoms with Gasteiger partial charge in [-0.3, -0.25) is 4.79 Å². The van der Waals surface area contributed by atoms with Crippen LogP contribution in [-0.2, 0) is 21.0 Å². The monoisotopic (exact) mass is 428 g/mol. The fourth-order valence-electron chi connectivity index (χ4n) is 2.92. The van der Waals surface area contributed by atoms with Crippen molar-refractivity contribution in [3.63, 3.8) is 0 Å². The molecule has 0 aromatic heterocycles. The first-order valence-electron chi connectivity index (χ1n) is 8.81. The zero-order valence-corrected chi connectivity index (χ0v) is 16.1. The lowest BCUT2D eigenvalue weighted by atomic mass is 10.2. The van der Waals surface area contributed by atoms with E-state index in [9.17, 15) is 26.4 Å². The minimum absolute atomic E-state index is 0.0570. The number of piperazine rings is 1. The van der Waals surface area contributed by atoms with Crippen LogP contribution in [0, 0.1) is 0 Å². The molecule has 0 bridgehead atoms. The molecule has 0 aliphatic carbocycles. The molecule has 1 fully saturated rings. The zero-order valence-electron chi connectivity index (χ0n) is 15.3. The summed E-state index contributed by atoms with van der Waals surface area (Å²) in [6.45, 7) is 0.194. The number of hydrogen-bond donors (Lipinski definition) is 0. The molecule has 1 heterocycles. The minimum Gasteiger partial charge on any atom is -0.484 e. The highest BCUT2D eigenvalue weighted by Crippen LogP contribution is 2.31. The molecule has 2 aromatic carbocycles. The summed E-state index contributed by atoms with van der Waals surface area (Å²) in [7, 11) is -3.63. The van der Waals surface area contributed by atoms with Crippen LogP contribution >= 0.6 is 0 Å². The topological polar surface area (TPSA) is 66.9 Å². The van der Waals surface area contributed by atoms with E-state index in [1.54, 1.807) is 18.2 Å². The summed E-state index contributed by atoms with van der Waals surface area (Å²) in [5.41, 5.74) is -0.859. The first kappa shape index (κ1) is 21.1. The third-order valence-corrected chi connectivity index (χ3v) is 6.41. The van der Waals surface area contributed by atoms with Crippen LogP contribution in [-0.4, -0.2) is 56.3 Å². The maximum atomic E-state index is 12.7. The molecule has 0 spiro atoms. The smallest absolute Gasteiger partial charge is 0.416 e. The van der Waals surface area contributed by atoms with Crippen LogP contribution in [0.25, 0.3) is 0 Å². The molecule has 0 atom stereocenters. The van der Waals surface area contributed by atoms with Crippen molar-refractivity contribution >= 4 is 15.9 Å². The number of rotatable bonds is 5. The number of carbonyl (C=O) groups excluding carboxylic acids is 1. The summed E-state index contributed by atoms with van der Waals surface area (Å²) in [6.07, 6.45) is -4.50. The van der Waals surface area contributed by atoms with Crippen molar-refractivity contribution in [1.29, 1.82) is 0 Å². The van der Waals surface area contributed by atoms with E-state index in [0.29, 0.717) is 0 Å². The van der Waals surface area contributed by atoms with Crippen molar-refractivity contribution < 1.29 is 31.1 Å². The molecular weight excluding hydrogens is 409 g/mol. The van der Waals surface area contributed by atoms with E-state index in [1.165, 1.54) is 33.5 Å². The first-order valence-corrected chi connectivity index (χ1v) is 10.2.